The first-order valence-corrected chi connectivity index (χ1v) is 5.84. The van der Waals surface area contributed by atoms with E-state index in [-0.39, 0.29) is 11.3 Å². The molecule has 5 heteroatoms. The lowest BCUT2D eigenvalue weighted by Crippen LogP contribution is -2.19. The summed E-state index contributed by atoms with van der Waals surface area (Å²) in [7, 11) is 0. The van der Waals surface area contributed by atoms with Crippen LogP contribution >= 0.6 is 0 Å². The van der Waals surface area contributed by atoms with Crippen LogP contribution in [0.2, 0.25) is 0 Å². The van der Waals surface area contributed by atoms with Crippen LogP contribution in [-0.2, 0) is 0 Å². The first kappa shape index (κ1) is 14.1. The van der Waals surface area contributed by atoms with Gasteiger partial charge in [0.15, 0.2) is 12.9 Å². The van der Waals surface area contributed by atoms with Crippen LogP contribution in [0.1, 0.15) is 10.4 Å². The van der Waals surface area contributed by atoms with Crippen LogP contribution in [0.25, 0.3) is 11.1 Å². The summed E-state index contributed by atoms with van der Waals surface area (Å²) in [5.41, 5.74) is 1.61. The maximum Gasteiger partial charge on any atom is 0.422 e. The number of hydrogen-bond donors (Lipinski definition) is 0. The van der Waals surface area contributed by atoms with Gasteiger partial charge in [-0.3, -0.25) is 4.79 Å². The van der Waals surface area contributed by atoms with E-state index in [9.17, 15) is 18.0 Å². The van der Waals surface area contributed by atoms with Crippen LogP contribution in [-0.4, -0.2) is 19.1 Å². The van der Waals surface area contributed by atoms with Crippen molar-refractivity contribution in [3.05, 3.63) is 54.1 Å². The molecular weight excluding hydrogens is 269 g/mol. The lowest BCUT2D eigenvalue weighted by Gasteiger charge is -2.12. The van der Waals surface area contributed by atoms with E-state index in [0.717, 1.165) is 5.56 Å². The van der Waals surface area contributed by atoms with Gasteiger partial charge in [0.1, 0.15) is 5.75 Å². The molecule has 0 N–H and O–H groups in total. The fraction of sp³-hybridized carbons (Fsp3) is 0.133. The van der Waals surface area contributed by atoms with Crippen molar-refractivity contribution in [2.24, 2.45) is 0 Å². The maximum absolute atomic E-state index is 12.2. The Balaban J connectivity index is 2.32. The molecule has 0 atom stereocenters. The van der Waals surface area contributed by atoms with Gasteiger partial charge in [0.2, 0.25) is 0 Å². The van der Waals surface area contributed by atoms with Crippen molar-refractivity contribution >= 4 is 6.29 Å². The van der Waals surface area contributed by atoms with E-state index in [1.165, 1.54) is 12.1 Å². The number of aldehydes is 1. The Morgan fingerprint density at radius 1 is 1.00 bits per heavy atom. The van der Waals surface area contributed by atoms with E-state index in [0.29, 0.717) is 11.8 Å². The summed E-state index contributed by atoms with van der Waals surface area (Å²) < 4.78 is 41.3. The number of halogens is 3. The topological polar surface area (TPSA) is 26.3 Å². The molecule has 0 aromatic heterocycles. The van der Waals surface area contributed by atoms with Crippen molar-refractivity contribution in [2.75, 3.05) is 6.61 Å². The monoisotopic (exact) mass is 280 g/mol. The zero-order chi connectivity index (χ0) is 14.6. The molecule has 20 heavy (non-hydrogen) atoms. The van der Waals surface area contributed by atoms with Crippen LogP contribution in [0.5, 0.6) is 5.75 Å². The van der Waals surface area contributed by atoms with Crippen LogP contribution in [0, 0.1) is 0 Å². The van der Waals surface area contributed by atoms with Gasteiger partial charge in [0.05, 0.1) is 5.56 Å². The van der Waals surface area contributed by atoms with Gasteiger partial charge in [-0.15, -0.1) is 0 Å². The molecule has 0 spiro atoms. The Kier molecular flexibility index (Phi) is 4.08. The molecule has 2 rings (SSSR count). The van der Waals surface area contributed by atoms with Crippen molar-refractivity contribution in [3.8, 4) is 16.9 Å². The van der Waals surface area contributed by atoms with Crippen LogP contribution in [0.3, 0.4) is 0 Å². The van der Waals surface area contributed by atoms with E-state index in [1.54, 1.807) is 6.07 Å². The number of carbonyl (C=O) groups is 1. The molecule has 104 valence electrons. The molecule has 0 unspecified atom stereocenters. The van der Waals surface area contributed by atoms with Crippen molar-refractivity contribution in [3.63, 3.8) is 0 Å². The van der Waals surface area contributed by atoms with Gasteiger partial charge in [-0.25, -0.2) is 0 Å². The summed E-state index contributed by atoms with van der Waals surface area (Å²) in [6.45, 7) is -1.42. The fourth-order valence-corrected chi connectivity index (χ4v) is 1.73. The molecule has 0 heterocycles. The smallest absolute Gasteiger partial charge is 0.422 e. The SMILES string of the molecule is O=Cc1ccc(-c2ccccc2)cc1OCC(F)(F)F. The Morgan fingerprint density at radius 3 is 2.30 bits per heavy atom. The zero-order valence-electron chi connectivity index (χ0n) is 10.4. The van der Waals surface area contributed by atoms with Crippen molar-refractivity contribution in [2.45, 2.75) is 6.18 Å². The maximum atomic E-state index is 12.2. The fourth-order valence-electron chi connectivity index (χ4n) is 1.73. The minimum atomic E-state index is -4.44. The lowest BCUT2D eigenvalue weighted by molar-refractivity contribution is -0.153. The summed E-state index contributed by atoms with van der Waals surface area (Å²) in [5.74, 6) is -0.0707. The normalized spacial score (nSPS) is 11.2. The molecule has 0 saturated carbocycles. The van der Waals surface area contributed by atoms with Gasteiger partial charge in [0.25, 0.3) is 0 Å². The van der Waals surface area contributed by atoms with Gasteiger partial charge in [-0.05, 0) is 23.3 Å². The Bertz CT molecular complexity index is 592. The summed E-state index contributed by atoms with van der Waals surface area (Å²) in [4.78, 5) is 10.8. The molecule has 2 aromatic rings. The predicted octanol–water partition coefficient (Wildman–Crippen LogP) is 4.11. The van der Waals surface area contributed by atoms with E-state index in [1.807, 2.05) is 30.3 Å². The Morgan fingerprint density at radius 2 is 1.70 bits per heavy atom. The molecule has 0 fully saturated rings. The predicted molar refractivity (Wildman–Crippen MR) is 68.8 cm³/mol. The second-order valence-electron chi connectivity index (χ2n) is 4.14. The van der Waals surface area contributed by atoms with E-state index in [4.69, 9.17) is 4.74 Å². The number of benzene rings is 2. The number of alkyl halides is 3. The quantitative estimate of drug-likeness (QED) is 0.788. The molecular formula is C15H11F3O2. The van der Waals surface area contributed by atoms with Crippen LogP contribution in [0.4, 0.5) is 13.2 Å². The average Bonchev–Trinajstić information content (AvgIpc) is 2.45. The highest BCUT2D eigenvalue weighted by molar-refractivity contribution is 5.81. The molecule has 0 aliphatic rings. The molecule has 2 nitrogen and oxygen atoms in total. The lowest BCUT2D eigenvalue weighted by atomic mass is 10.0. The van der Waals surface area contributed by atoms with Gasteiger partial charge in [-0.2, -0.15) is 13.2 Å². The molecule has 0 saturated heterocycles. The van der Waals surface area contributed by atoms with E-state index >= 15 is 0 Å². The number of ether oxygens (including phenoxy) is 1. The molecule has 0 amide bonds. The van der Waals surface area contributed by atoms with Gasteiger partial charge < -0.3 is 4.74 Å². The van der Waals surface area contributed by atoms with Gasteiger partial charge in [-0.1, -0.05) is 36.4 Å². The van der Waals surface area contributed by atoms with Crippen molar-refractivity contribution in [1.29, 1.82) is 0 Å². The first-order chi connectivity index (χ1) is 9.49. The van der Waals surface area contributed by atoms with Crippen LogP contribution in [0.15, 0.2) is 48.5 Å². The largest absolute Gasteiger partial charge is 0.483 e. The van der Waals surface area contributed by atoms with Crippen molar-refractivity contribution < 1.29 is 22.7 Å². The summed E-state index contributed by atoms with van der Waals surface area (Å²) >= 11 is 0. The minimum absolute atomic E-state index is 0.0707. The molecule has 2 aromatic carbocycles. The summed E-state index contributed by atoms with van der Waals surface area (Å²) in [6, 6.07) is 13.7. The second kappa shape index (κ2) is 5.77. The van der Waals surface area contributed by atoms with Crippen molar-refractivity contribution in [1.82, 2.24) is 0 Å². The third kappa shape index (κ3) is 3.60. The van der Waals surface area contributed by atoms with Gasteiger partial charge >= 0.3 is 6.18 Å². The molecule has 0 bridgehead atoms. The number of carbonyl (C=O) groups excluding carboxylic acids is 1. The molecule has 0 aliphatic heterocycles. The summed E-state index contributed by atoms with van der Waals surface area (Å²) in [5, 5.41) is 0. The highest BCUT2D eigenvalue weighted by atomic mass is 19.4. The Labute approximate surface area is 113 Å². The minimum Gasteiger partial charge on any atom is -0.483 e. The zero-order valence-corrected chi connectivity index (χ0v) is 10.4. The van der Waals surface area contributed by atoms with Crippen LogP contribution < -0.4 is 4.74 Å². The molecule has 0 aliphatic carbocycles. The van der Waals surface area contributed by atoms with E-state index < -0.39 is 12.8 Å². The highest BCUT2D eigenvalue weighted by Crippen LogP contribution is 2.28. The van der Waals surface area contributed by atoms with E-state index in [2.05, 4.69) is 0 Å². The Hall–Kier alpha value is -2.30. The highest BCUT2D eigenvalue weighted by Gasteiger charge is 2.28. The first-order valence-electron chi connectivity index (χ1n) is 5.84. The average molecular weight is 280 g/mol. The standard InChI is InChI=1S/C15H11F3O2/c16-15(17,18)10-20-14-8-12(6-7-13(14)9-19)11-4-2-1-3-5-11/h1-9H,10H2. The second-order valence-corrected chi connectivity index (χ2v) is 4.14. The third-order valence-corrected chi connectivity index (χ3v) is 2.64. The summed E-state index contributed by atoms with van der Waals surface area (Å²) in [6.07, 6.45) is -3.97. The number of rotatable bonds is 4. The van der Waals surface area contributed by atoms with Gasteiger partial charge in [0, 0.05) is 0 Å². The number of hydrogen-bond acceptors (Lipinski definition) is 2. The molecule has 0 radical (unpaired) electrons. The third-order valence-electron chi connectivity index (χ3n) is 2.64.